The fraction of sp³-hybridized carbons (Fsp3) is 0.263. The standard InChI is InChI=1S/C19H21N2O3/c1-12-4-6-14(7-5-12)17-10-15(8-9-16(17)18(20)22)19(23)21-13(2)11-24-3/h4-8,10,13H,11H2,1-3H3,(H2,20,22)(H,21,23). The summed E-state index contributed by atoms with van der Waals surface area (Å²) in [5.74, 6) is -0.828. The molecule has 0 aliphatic carbocycles. The van der Waals surface area contributed by atoms with Crippen molar-refractivity contribution in [2.75, 3.05) is 13.7 Å². The molecule has 0 heterocycles. The van der Waals surface area contributed by atoms with Gasteiger partial charge in [0.25, 0.3) is 5.91 Å². The molecule has 0 aromatic heterocycles. The second-order valence-corrected chi connectivity index (χ2v) is 5.74. The average molecular weight is 325 g/mol. The van der Waals surface area contributed by atoms with Gasteiger partial charge in [-0.25, -0.2) is 0 Å². The number of benzene rings is 2. The molecule has 24 heavy (non-hydrogen) atoms. The molecule has 2 amide bonds. The molecule has 1 unspecified atom stereocenters. The molecule has 5 nitrogen and oxygen atoms in total. The fourth-order valence-corrected chi connectivity index (χ4v) is 2.39. The highest BCUT2D eigenvalue weighted by Gasteiger charge is 2.16. The van der Waals surface area contributed by atoms with Crippen molar-refractivity contribution >= 4 is 11.8 Å². The van der Waals surface area contributed by atoms with E-state index in [-0.39, 0.29) is 17.5 Å². The molecule has 3 N–H and O–H groups in total. The Bertz CT molecular complexity index is 739. The van der Waals surface area contributed by atoms with Crippen LogP contribution in [-0.4, -0.2) is 31.6 Å². The molecule has 5 heteroatoms. The van der Waals surface area contributed by atoms with Crippen LogP contribution in [0.2, 0.25) is 0 Å². The first-order valence-electron chi connectivity index (χ1n) is 7.64. The molecule has 1 radical (unpaired) electrons. The Labute approximate surface area is 141 Å². The van der Waals surface area contributed by atoms with Crippen molar-refractivity contribution in [2.45, 2.75) is 19.9 Å². The van der Waals surface area contributed by atoms with Crippen LogP contribution in [-0.2, 0) is 4.74 Å². The topological polar surface area (TPSA) is 81.4 Å². The Morgan fingerprint density at radius 3 is 2.54 bits per heavy atom. The number of carbonyl (C=O) groups is 2. The molecule has 0 spiro atoms. The van der Waals surface area contributed by atoms with Crippen molar-refractivity contribution in [1.29, 1.82) is 0 Å². The van der Waals surface area contributed by atoms with Gasteiger partial charge in [0.1, 0.15) is 0 Å². The summed E-state index contributed by atoms with van der Waals surface area (Å²) in [6, 6.07) is 13.5. The monoisotopic (exact) mass is 325 g/mol. The molecule has 0 saturated heterocycles. The lowest BCUT2D eigenvalue weighted by atomic mass is 9.96. The zero-order valence-corrected chi connectivity index (χ0v) is 14.1. The largest absolute Gasteiger partial charge is 0.383 e. The van der Waals surface area contributed by atoms with E-state index in [1.165, 1.54) is 6.07 Å². The van der Waals surface area contributed by atoms with Gasteiger partial charge in [0.05, 0.1) is 12.2 Å². The van der Waals surface area contributed by atoms with Crippen LogP contribution in [0.3, 0.4) is 0 Å². The Balaban J connectivity index is 2.39. The molecule has 2 rings (SSSR count). The van der Waals surface area contributed by atoms with Gasteiger partial charge >= 0.3 is 0 Å². The zero-order valence-electron chi connectivity index (χ0n) is 14.1. The zero-order chi connectivity index (χ0) is 17.7. The van der Waals surface area contributed by atoms with Crippen LogP contribution in [0.15, 0.2) is 36.4 Å². The van der Waals surface area contributed by atoms with Gasteiger partial charge in [-0.2, -0.15) is 0 Å². The molecule has 0 fully saturated rings. The minimum Gasteiger partial charge on any atom is -0.383 e. The van der Waals surface area contributed by atoms with E-state index in [0.29, 0.717) is 17.7 Å². The molecule has 0 saturated carbocycles. The summed E-state index contributed by atoms with van der Waals surface area (Å²) in [6.45, 7) is 4.25. The molecule has 0 aliphatic heterocycles. The normalized spacial score (nSPS) is 11.8. The van der Waals surface area contributed by atoms with E-state index in [1.54, 1.807) is 13.2 Å². The lowest BCUT2D eigenvalue weighted by molar-refractivity contribution is 0.0904. The van der Waals surface area contributed by atoms with Crippen LogP contribution in [0, 0.1) is 13.0 Å². The first-order valence-corrected chi connectivity index (χ1v) is 7.64. The van der Waals surface area contributed by atoms with Gasteiger partial charge in [-0.3, -0.25) is 9.59 Å². The molecule has 2 aromatic rings. The summed E-state index contributed by atoms with van der Waals surface area (Å²) in [4.78, 5) is 24.0. The molecule has 0 aliphatic rings. The maximum Gasteiger partial charge on any atom is 0.251 e. The van der Waals surface area contributed by atoms with Gasteiger partial charge in [0.15, 0.2) is 0 Å². The molecule has 1 atom stereocenters. The number of amides is 2. The Morgan fingerprint density at radius 1 is 1.29 bits per heavy atom. The van der Waals surface area contributed by atoms with E-state index in [4.69, 9.17) is 10.5 Å². The number of rotatable bonds is 6. The number of methoxy groups -OCH3 is 1. The van der Waals surface area contributed by atoms with E-state index in [0.717, 1.165) is 11.1 Å². The van der Waals surface area contributed by atoms with Crippen LogP contribution in [0.4, 0.5) is 0 Å². The fourth-order valence-electron chi connectivity index (χ4n) is 2.39. The number of hydrogen-bond acceptors (Lipinski definition) is 3. The Morgan fingerprint density at radius 2 is 1.96 bits per heavy atom. The van der Waals surface area contributed by atoms with E-state index in [1.807, 2.05) is 38.1 Å². The molecule has 2 aromatic carbocycles. The predicted octanol–water partition coefficient (Wildman–Crippen LogP) is 2.33. The summed E-state index contributed by atoms with van der Waals surface area (Å²) in [6.07, 6.45) is 0. The number of ether oxygens (including phenoxy) is 1. The lowest BCUT2D eigenvalue weighted by Gasteiger charge is -2.14. The third-order valence-electron chi connectivity index (χ3n) is 3.61. The lowest BCUT2D eigenvalue weighted by Crippen LogP contribution is -2.35. The van der Waals surface area contributed by atoms with Crippen LogP contribution in [0.25, 0.3) is 11.1 Å². The highest BCUT2D eigenvalue weighted by atomic mass is 16.5. The number of hydrogen-bond donors (Lipinski definition) is 2. The van der Waals surface area contributed by atoms with Crippen molar-refractivity contribution in [2.24, 2.45) is 5.73 Å². The molecular formula is C19H21N2O3. The van der Waals surface area contributed by atoms with Gasteiger partial charge < -0.3 is 15.8 Å². The van der Waals surface area contributed by atoms with Crippen molar-refractivity contribution in [1.82, 2.24) is 5.32 Å². The molecular weight excluding hydrogens is 304 g/mol. The highest BCUT2D eigenvalue weighted by Crippen LogP contribution is 2.25. The van der Waals surface area contributed by atoms with E-state index in [9.17, 15) is 9.59 Å². The highest BCUT2D eigenvalue weighted by molar-refractivity contribution is 6.02. The number of nitrogens with one attached hydrogen (secondary N) is 1. The first-order chi connectivity index (χ1) is 11.4. The van der Waals surface area contributed by atoms with E-state index in [2.05, 4.69) is 11.4 Å². The average Bonchev–Trinajstić information content (AvgIpc) is 2.55. The summed E-state index contributed by atoms with van der Waals surface area (Å²) in [5, 5.41) is 2.83. The van der Waals surface area contributed by atoms with Gasteiger partial charge in [0.2, 0.25) is 5.91 Å². The van der Waals surface area contributed by atoms with Gasteiger partial charge in [-0.1, -0.05) is 29.8 Å². The number of nitrogens with two attached hydrogens (primary N) is 1. The summed E-state index contributed by atoms with van der Waals surface area (Å²) < 4.78 is 5.01. The SMILES string of the molecule is COCC(C)NC(=O)c1c[c]c(C(N)=O)c(-c2ccc(C)cc2)c1. The summed E-state index contributed by atoms with van der Waals surface area (Å²) in [7, 11) is 1.58. The van der Waals surface area contributed by atoms with Crippen molar-refractivity contribution < 1.29 is 14.3 Å². The number of aryl methyl sites for hydroxylation is 1. The molecule has 125 valence electrons. The van der Waals surface area contributed by atoms with Crippen LogP contribution in [0.5, 0.6) is 0 Å². The van der Waals surface area contributed by atoms with Crippen molar-refractivity contribution in [3.05, 3.63) is 59.2 Å². The Kier molecular flexibility index (Phi) is 5.71. The van der Waals surface area contributed by atoms with Gasteiger partial charge in [0, 0.05) is 18.7 Å². The minimum absolute atomic E-state index is 0.124. The third kappa shape index (κ3) is 4.20. The summed E-state index contributed by atoms with van der Waals surface area (Å²) >= 11 is 0. The maximum absolute atomic E-state index is 12.3. The first kappa shape index (κ1) is 17.7. The van der Waals surface area contributed by atoms with Gasteiger partial charge in [-0.15, -0.1) is 0 Å². The second kappa shape index (κ2) is 7.75. The summed E-state index contributed by atoms with van der Waals surface area (Å²) in [5.41, 5.74) is 8.63. The van der Waals surface area contributed by atoms with Crippen LogP contribution in [0.1, 0.15) is 33.2 Å². The van der Waals surface area contributed by atoms with E-state index >= 15 is 0 Å². The van der Waals surface area contributed by atoms with Crippen molar-refractivity contribution in [3.63, 3.8) is 0 Å². The number of primary amides is 1. The predicted molar refractivity (Wildman–Crippen MR) is 92.8 cm³/mol. The van der Waals surface area contributed by atoms with Crippen LogP contribution < -0.4 is 11.1 Å². The quantitative estimate of drug-likeness (QED) is 0.855. The Hall–Kier alpha value is -2.66. The minimum atomic E-state index is -0.578. The van der Waals surface area contributed by atoms with Crippen LogP contribution >= 0.6 is 0 Å². The van der Waals surface area contributed by atoms with Crippen molar-refractivity contribution in [3.8, 4) is 11.1 Å². The maximum atomic E-state index is 12.3. The smallest absolute Gasteiger partial charge is 0.251 e. The second-order valence-electron chi connectivity index (χ2n) is 5.74. The molecule has 0 bridgehead atoms. The third-order valence-corrected chi connectivity index (χ3v) is 3.61. The number of carbonyl (C=O) groups excluding carboxylic acids is 2. The van der Waals surface area contributed by atoms with Gasteiger partial charge in [-0.05, 0) is 43.2 Å². The van der Waals surface area contributed by atoms with E-state index < -0.39 is 5.91 Å².